The normalized spacial score (nSPS) is 14.4. The number of anilines is 1. The summed E-state index contributed by atoms with van der Waals surface area (Å²) in [5.74, 6) is 0.376. The molecule has 2 N–H and O–H groups in total. The molecular formula is C24H27N5O2. The second-order valence-corrected chi connectivity index (χ2v) is 8.02. The number of carbonyl (C=O) groups is 2. The molecule has 0 saturated carbocycles. The Morgan fingerprint density at radius 1 is 1.06 bits per heavy atom. The molecule has 31 heavy (non-hydrogen) atoms. The first-order chi connectivity index (χ1) is 14.9. The van der Waals surface area contributed by atoms with Crippen molar-refractivity contribution in [1.29, 1.82) is 0 Å². The summed E-state index contributed by atoms with van der Waals surface area (Å²) in [7, 11) is 0. The van der Waals surface area contributed by atoms with Crippen LogP contribution in [0.5, 0.6) is 0 Å². The van der Waals surface area contributed by atoms with Gasteiger partial charge in [-0.15, -0.1) is 0 Å². The Labute approximate surface area is 182 Å². The second-order valence-electron chi connectivity index (χ2n) is 8.02. The number of rotatable bonds is 5. The number of hydrogen-bond acceptors (Lipinski definition) is 4. The Hall–Kier alpha value is -3.45. The largest absolute Gasteiger partial charge is 0.354 e. The van der Waals surface area contributed by atoms with Crippen molar-refractivity contribution in [3.8, 4) is 16.9 Å². The zero-order valence-electron chi connectivity index (χ0n) is 18.1. The van der Waals surface area contributed by atoms with Crippen molar-refractivity contribution in [3.05, 3.63) is 65.2 Å². The minimum absolute atomic E-state index is 0.0547. The molecule has 0 atom stereocenters. The summed E-state index contributed by atoms with van der Waals surface area (Å²) in [4.78, 5) is 26.2. The van der Waals surface area contributed by atoms with Crippen molar-refractivity contribution in [1.82, 2.24) is 20.0 Å². The highest BCUT2D eigenvalue weighted by Gasteiger charge is 2.20. The van der Waals surface area contributed by atoms with E-state index in [4.69, 9.17) is 5.10 Å². The van der Waals surface area contributed by atoms with Gasteiger partial charge >= 0.3 is 0 Å². The van der Waals surface area contributed by atoms with Crippen molar-refractivity contribution in [2.75, 3.05) is 31.5 Å². The van der Waals surface area contributed by atoms with E-state index in [0.29, 0.717) is 18.9 Å². The maximum absolute atomic E-state index is 12.8. The number of aryl methyl sites for hydroxylation is 3. The van der Waals surface area contributed by atoms with E-state index in [1.807, 2.05) is 41.3 Å². The summed E-state index contributed by atoms with van der Waals surface area (Å²) >= 11 is 0. The van der Waals surface area contributed by atoms with Crippen LogP contribution < -0.4 is 10.6 Å². The van der Waals surface area contributed by atoms with Crippen LogP contribution in [0.4, 0.5) is 5.82 Å². The van der Waals surface area contributed by atoms with Crippen molar-refractivity contribution in [2.24, 2.45) is 0 Å². The van der Waals surface area contributed by atoms with Crippen LogP contribution >= 0.6 is 0 Å². The Kier molecular flexibility index (Phi) is 5.86. The molecule has 0 radical (unpaired) electrons. The lowest BCUT2D eigenvalue weighted by Crippen LogP contribution is -2.49. The molecule has 4 rings (SSSR count). The van der Waals surface area contributed by atoms with Crippen LogP contribution in [0.15, 0.2) is 48.5 Å². The Bertz CT molecular complexity index is 1120. The third-order valence-corrected chi connectivity index (χ3v) is 5.58. The Morgan fingerprint density at radius 3 is 2.55 bits per heavy atom. The summed E-state index contributed by atoms with van der Waals surface area (Å²) in [6, 6.07) is 15.9. The zero-order chi connectivity index (χ0) is 22.0. The maximum atomic E-state index is 12.8. The van der Waals surface area contributed by atoms with Gasteiger partial charge in [-0.1, -0.05) is 24.3 Å². The number of carbonyl (C=O) groups excluding carboxylic acids is 2. The average molecular weight is 418 g/mol. The van der Waals surface area contributed by atoms with Crippen LogP contribution in [0.1, 0.15) is 16.7 Å². The number of nitrogens with one attached hydrogen (secondary N) is 2. The van der Waals surface area contributed by atoms with Crippen LogP contribution in [0.2, 0.25) is 0 Å². The van der Waals surface area contributed by atoms with E-state index in [1.54, 1.807) is 4.68 Å². The molecule has 0 unspecified atom stereocenters. The summed E-state index contributed by atoms with van der Waals surface area (Å²) in [6.07, 6.45) is 0. The molecule has 0 aliphatic carbocycles. The van der Waals surface area contributed by atoms with Crippen molar-refractivity contribution >= 4 is 17.6 Å². The van der Waals surface area contributed by atoms with Gasteiger partial charge < -0.3 is 10.6 Å². The predicted octanol–water partition coefficient (Wildman–Crippen LogP) is 2.83. The molecule has 2 amide bonds. The third-order valence-electron chi connectivity index (χ3n) is 5.58. The number of para-hydroxylation sites is 1. The van der Waals surface area contributed by atoms with Crippen LogP contribution in [0.25, 0.3) is 16.9 Å². The first-order valence-electron chi connectivity index (χ1n) is 10.4. The molecule has 3 aromatic rings. The quantitative estimate of drug-likeness (QED) is 0.669. The van der Waals surface area contributed by atoms with Crippen LogP contribution in [0.3, 0.4) is 0 Å². The SMILES string of the molecule is Cc1cc(C)c(-c2cc(NC(=O)CN3CCNC(=O)C3)n(-c3ccccc3)n2)cc1C. The molecule has 0 bridgehead atoms. The van der Waals surface area contributed by atoms with Gasteiger partial charge in [0.1, 0.15) is 5.82 Å². The number of piperazine rings is 1. The Morgan fingerprint density at radius 2 is 1.81 bits per heavy atom. The number of hydrogen-bond donors (Lipinski definition) is 2. The lowest BCUT2D eigenvalue weighted by Gasteiger charge is -2.25. The maximum Gasteiger partial charge on any atom is 0.239 e. The summed E-state index contributed by atoms with van der Waals surface area (Å²) < 4.78 is 1.75. The molecule has 7 heteroatoms. The van der Waals surface area contributed by atoms with Crippen molar-refractivity contribution in [2.45, 2.75) is 20.8 Å². The topological polar surface area (TPSA) is 79.3 Å². The van der Waals surface area contributed by atoms with E-state index in [-0.39, 0.29) is 24.9 Å². The molecule has 1 saturated heterocycles. The van der Waals surface area contributed by atoms with Crippen molar-refractivity contribution < 1.29 is 9.59 Å². The van der Waals surface area contributed by atoms with Gasteiger partial charge in [-0.2, -0.15) is 5.10 Å². The first-order valence-corrected chi connectivity index (χ1v) is 10.4. The number of benzene rings is 2. The van der Waals surface area contributed by atoms with Gasteiger partial charge in [0.15, 0.2) is 0 Å². The Balaban J connectivity index is 1.65. The summed E-state index contributed by atoms with van der Waals surface area (Å²) in [5.41, 5.74) is 6.28. The number of nitrogens with zero attached hydrogens (tertiary/aromatic N) is 3. The standard InChI is InChI=1S/C24H27N5O2/c1-16-11-18(3)20(12-17(16)2)21-13-22(29(27-21)19-7-5-4-6-8-19)26-24(31)15-28-10-9-25-23(30)14-28/h4-8,11-13H,9-10,14-15H2,1-3H3,(H,25,30)(H,26,31). The number of aromatic nitrogens is 2. The lowest BCUT2D eigenvalue weighted by molar-refractivity contribution is -0.125. The summed E-state index contributed by atoms with van der Waals surface area (Å²) in [6.45, 7) is 7.87. The third kappa shape index (κ3) is 4.67. The highest BCUT2D eigenvalue weighted by Crippen LogP contribution is 2.29. The monoisotopic (exact) mass is 417 g/mol. The van der Waals surface area contributed by atoms with E-state index in [9.17, 15) is 9.59 Å². The van der Waals surface area contributed by atoms with Crippen LogP contribution in [0, 0.1) is 20.8 Å². The fraction of sp³-hybridized carbons (Fsp3) is 0.292. The van der Waals surface area contributed by atoms with E-state index in [0.717, 1.165) is 22.5 Å². The lowest BCUT2D eigenvalue weighted by atomic mass is 9.99. The molecule has 1 aliphatic heterocycles. The van der Waals surface area contributed by atoms with E-state index in [2.05, 4.69) is 43.5 Å². The molecule has 1 fully saturated rings. The van der Waals surface area contributed by atoms with Gasteiger partial charge in [0.25, 0.3) is 0 Å². The molecular weight excluding hydrogens is 390 g/mol. The average Bonchev–Trinajstić information content (AvgIpc) is 3.14. The fourth-order valence-electron chi connectivity index (χ4n) is 3.82. The molecule has 2 aromatic carbocycles. The smallest absolute Gasteiger partial charge is 0.239 e. The van der Waals surface area contributed by atoms with Gasteiger partial charge in [-0.05, 0) is 55.7 Å². The highest BCUT2D eigenvalue weighted by molar-refractivity contribution is 5.93. The van der Waals surface area contributed by atoms with E-state index in [1.165, 1.54) is 11.1 Å². The van der Waals surface area contributed by atoms with E-state index >= 15 is 0 Å². The van der Waals surface area contributed by atoms with Crippen LogP contribution in [-0.2, 0) is 9.59 Å². The van der Waals surface area contributed by atoms with E-state index < -0.39 is 0 Å². The van der Waals surface area contributed by atoms with Crippen LogP contribution in [-0.4, -0.2) is 52.7 Å². The molecule has 160 valence electrons. The summed E-state index contributed by atoms with van der Waals surface area (Å²) in [5, 5.41) is 10.6. The molecule has 1 aromatic heterocycles. The predicted molar refractivity (Wildman–Crippen MR) is 121 cm³/mol. The fourth-order valence-corrected chi connectivity index (χ4v) is 3.82. The van der Waals surface area contributed by atoms with Gasteiger partial charge in [-0.3, -0.25) is 14.5 Å². The zero-order valence-corrected chi connectivity index (χ0v) is 18.1. The first kappa shape index (κ1) is 20.8. The van der Waals surface area contributed by atoms with Gasteiger partial charge in [0.05, 0.1) is 24.5 Å². The molecule has 7 nitrogen and oxygen atoms in total. The molecule has 0 spiro atoms. The molecule has 2 heterocycles. The minimum atomic E-state index is -0.171. The van der Waals surface area contributed by atoms with Gasteiger partial charge in [-0.25, -0.2) is 4.68 Å². The highest BCUT2D eigenvalue weighted by atomic mass is 16.2. The van der Waals surface area contributed by atoms with Gasteiger partial charge in [0.2, 0.25) is 11.8 Å². The second kappa shape index (κ2) is 8.73. The van der Waals surface area contributed by atoms with Crippen molar-refractivity contribution in [3.63, 3.8) is 0 Å². The number of amides is 2. The van der Waals surface area contributed by atoms with Gasteiger partial charge in [0, 0.05) is 24.7 Å². The molecule has 1 aliphatic rings. The minimum Gasteiger partial charge on any atom is -0.354 e.